The molecule has 20 heavy (non-hydrogen) atoms. The van der Waals surface area contributed by atoms with Crippen molar-refractivity contribution >= 4 is 5.91 Å². The lowest BCUT2D eigenvalue weighted by molar-refractivity contribution is -0.148. The van der Waals surface area contributed by atoms with E-state index >= 15 is 0 Å². The van der Waals surface area contributed by atoms with Gasteiger partial charge >= 0.3 is 6.18 Å². The molecule has 0 aromatic carbocycles. The van der Waals surface area contributed by atoms with Crippen LogP contribution in [0, 0.1) is 11.3 Å². The third-order valence-corrected chi connectivity index (χ3v) is 3.63. The molecule has 1 aliphatic heterocycles. The van der Waals surface area contributed by atoms with Gasteiger partial charge in [-0.3, -0.25) is 9.69 Å². The monoisotopic (exact) mass is 294 g/mol. The van der Waals surface area contributed by atoms with E-state index in [-0.39, 0.29) is 5.91 Å². The molecule has 0 aromatic rings. The summed E-state index contributed by atoms with van der Waals surface area (Å²) >= 11 is 0. The molecule has 0 atom stereocenters. The van der Waals surface area contributed by atoms with E-state index in [2.05, 4.69) is 5.32 Å². The normalized spacial score (nSPS) is 19.1. The molecule has 118 valence electrons. The van der Waals surface area contributed by atoms with Gasteiger partial charge in [-0.2, -0.15) is 13.2 Å². The molecule has 0 radical (unpaired) electrons. The lowest BCUT2D eigenvalue weighted by Crippen LogP contribution is -2.41. The van der Waals surface area contributed by atoms with Crippen LogP contribution >= 0.6 is 0 Å². The van der Waals surface area contributed by atoms with E-state index in [1.165, 1.54) is 4.90 Å². The number of hydrogen-bond acceptors (Lipinski definition) is 2. The number of nitrogens with zero attached hydrogens (tertiary/aromatic N) is 1. The summed E-state index contributed by atoms with van der Waals surface area (Å²) in [5, 5.41) is 2.89. The molecule has 1 fully saturated rings. The lowest BCUT2D eigenvalue weighted by Gasteiger charge is -2.32. The maximum Gasteiger partial charge on any atom is 0.401 e. The van der Waals surface area contributed by atoms with Gasteiger partial charge < -0.3 is 5.32 Å². The van der Waals surface area contributed by atoms with Crippen molar-refractivity contribution in [2.24, 2.45) is 11.3 Å². The fourth-order valence-corrected chi connectivity index (χ4v) is 2.34. The molecule has 0 saturated carbocycles. The summed E-state index contributed by atoms with van der Waals surface area (Å²) in [6, 6.07) is 0. The van der Waals surface area contributed by atoms with Crippen molar-refractivity contribution < 1.29 is 18.0 Å². The smallest absolute Gasteiger partial charge is 0.356 e. The second kappa shape index (κ2) is 6.78. The van der Waals surface area contributed by atoms with Crippen molar-refractivity contribution in [2.45, 2.75) is 46.2 Å². The molecule has 1 aliphatic rings. The van der Waals surface area contributed by atoms with Crippen molar-refractivity contribution in [3.8, 4) is 0 Å². The van der Waals surface area contributed by atoms with E-state index in [0.29, 0.717) is 25.6 Å². The highest BCUT2D eigenvalue weighted by molar-refractivity contribution is 5.81. The van der Waals surface area contributed by atoms with E-state index in [1.807, 2.05) is 20.8 Å². The van der Waals surface area contributed by atoms with Gasteiger partial charge in [-0.25, -0.2) is 0 Å². The van der Waals surface area contributed by atoms with Gasteiger partial charge in [-0.1, -0.05) is 20.8 Å². The van der Waals surface area contributed by atoms with Crippen LogP contribution in [0.5, 0.6) is 0 Å². The second-order valence-corrected chi connectivity index (χ2v) is 6.63. The van der Waals surface area contributed by atoms with Gasteiger partial charge in [0.2, 0.25) is 5.91 Å². The highest BCUT2D eigenvalue weighted by atomic mass is 19.4. The minimum atomic E-state index is -4.10. The summed E-state index contributed by atoms with van der Waals surface area (Å²) in [6.07, 6.45) is -1.70. The van der Waals surface area contributed by atoms with Crippen LogP contribution in [-0.2, 0) is 4.79 Å². The number of hydrogen-bond donors (Lipinski definition) is 1. The van der Waals surface area contributed by atoms with E-state index < -0.39 is 18.1 Å². The van der Waals surface area contributed by atoms with Gasteiger partial charge in [0.1, 0.15) is 0 Å². The highest BCUT2D eigenvalue weighted by Gasteiger charge is 2.32. The third kappa shape index (κ3) is 6.59. The van der Waals surface area contributed by atoms with Crippen LogP contribution in [-0.4, -0.2) is 43.2 Å². The molecule has 1 amide bonds. The standard InChI is InChI=1S/C14H25F3N2O/c1-13(2,3)12(20)18-7-4-11-5-8-19(9-6-11)10-14(15,16)17/h11H,4-10H2,1-3H3,(H,18,20). The van der Waals surface area contributed by atoms with Crippen LogP contribution in [0.3, 0.4) is 0 Å². The predicted molar refractivity (Wildman–Crippen MR) is 72.3 cm³/mol. The average Bonchev–Trinajstić information content (AvgIpc) is 2.28. The second-order valence-electron chi connectivity index (χ2n) is 6.63. The summed E-state index contributed by atoms with van der Waals surface area (Å²) in [5.74, 6) is 0.437. The lowest BCUT2D eigenvalue weighted by atomic mass is 9.92. The van der Waals surface area contributed by atoms with Gasteiger partial charge in [-0.05, 0) is 38.3 Å². The molecule has 0 unspecified atom stereocenters. The molecule has 1 N–H and O–H groups in total. The first-order valence-corrected chi connectivity index (χ1v) is 7.15. The first-order chi connectivity index (χ1) is 9.08. The highest BCUT2D eigenvalue weighted by Crippen LogP contribution is 2.24. The van der Waals surface area contributed by atoms with Crippen LogP contribution in [0.15, 0.2) is 0 Å². The van der Waals surface area contributed by atoms with Crippen LogP contribution in [0.1, 0.15) is 40.0 Å². The fraction of sp³-hybridized carbons (Fsp3) is 0.929. The Labute approximate surface area is 118 Å². The number of carbonyl (C=O) groups is 1. The fourth-order valence-electron chi connectivity index (χ4n) is 2.34. The molecule has 0 aromatic heterocycles. The van der Waals surface area contributed by atoms with E-state index in [4.69, 9.17) is 0 Å². The number of halogens is 3. The van der Waals surface area contributed by atoms with Crippen molar-refractivity contribution in [3.05, 3.63) is 0 Å². The summed E-state index contributed by atoms with van der Waals surface area (Å²) in [4.78, 5) is 13.1. The van der Waals surface area contributed by atoms with Crippen LogP contribution in [0.25, 0.3) is 0 Å². The average molecular weight is 294 g/mol. The molecule has 0 aliphatic carbocycles. The number of piperidine rings is 1. The molecule has 0 bridgehead atoms. The van der Waals surface area contributed by atoms with Crippen LogP contribution in [0.2, 0.25) is 0 Å². The van der Waals surface area contributed by atoms with E-state index in [9.17, 15) is 18.0 Å². The third-order valence-electron chi connectivity index (χ3n) is 3.63. The summed E-state index contributed by atoms with van der Waals surface area (Å²) < 4.78 is 36.8. The largest absolute Gasteiger partial charge is 0.401 e. The Morgan fingerprint density at radius 2 is 1.75 bits per heavy atom. The predicted octanol–water partition coefficient (Wildman–Crippen LogP) is 2.81. The zero-order valence-corrected chi connectivity index (χ0v) is 12.5. The summed E-state index contributed by atoms with van der Waals surface area (Å²) in [7, 11) is 0. The van der Waals surface area contributed by atoms with E-state index in [1.54, 1.807) is 0 Å². The van der Waals surface area contributed by atoms with Gasteiger partial charge in [0, 0.05) is 12.0 Å². The number of nitrogens with one attached hydrogen (secondary N) is 1. The molecular weight excluding hydrogens is 269 g/mol. The summed E-state index contributed by atoms with van der Waals surface area (Å²) in [5.41, 5.74) is -0.393. The van der Waals surface area contributed by atoms with Crippen molar-refractivity contribution in [3.63, 3.8) is 0 Å². The number of carbonyl (C=O) groups excluding carboxylic acids is 1. The van der Waals surface area contributed by atoms with Gasteiger partial charge in [0.05, 0.1) is 6.54 Å². The number of amides is 1. The molecule has 1 saturated heterocycles. The minimum Gasteiger partial charge on any atom is -0.356 e. The van der Waals surface area contributed by atoms with Crippen molar-refractivity contribution in [1.82, 2.24) is 10.2 Å². The Morgan fingerprint density at radius 3 is 2.20 bits per heavy atom. The Morgan fingerprint density at radius 1 is 1.20 bits per heavy atom. The zero-order valence-electron chi connectivity index (χ0n) is 12.5. The number of likely N-dealkylation sites (tertiary alicyclic amines) is 1. The molecule has 1 heterocycles. The molecule has 3 nitrogen and oxygen atoms in total. The Hall–Kier alpha value is -0.780. The minimum absolute atomic E-state index is 0.0204. The van der Waals surface area contributed by atoms with E-state index in [0.717, 1.165) is 19.3 Å². The SMILES string of the molecule is CC(C)(C)C(=O)NCCC1CCN(CC(F)(F)F)CC1. The van der Waals surface area contributed by atoms with Crippen molar-refractivity contribution in [1.29, 1.82) is 0 Å². The first-order valence-electron chi connectivity index (χ1n) is 7.15. The quantitative estimate of drug-likeness (QED) is 0.864. The summed E-state index contributed by atoms with van der Waals surface area (Å²) in [6.45, 7) is 6.38. The number of rotatable bonds is 4. The Bertz CT molecular complexity index is 315. The van der Waals surface area contributed by atoms with Crippen molar-refractivity contribution in [2.75, 3.05) is 26.2 Å². The van der Waals surface area contributed by atoms with Gasteiger partial charge in [-0.15, -0.1) is 0 Å². The maximum atomic E-state index is 12.3. The first kappa shape index (κ1) is 17.3. The van der Waals surface area contributed by atoms with Crippen LogP contribution < -0.4 is 5.32 Å². The molecular formula is C14H25F3N2O. The van der Waals surface area contributed by atoms with Crippen LogP contribution in [0.4, 0.5) is 13.2 Å². The Kier molecular flexibility index (Phi) is 5.86. The van der Waals surface area contributed by atoms with Gasteiger partial charge in [0.25, 0.3) is 0 Å². The zero-order chi connectivity index (χ0) is 15.4. The maximum absolute atomic E-state index is 12.3. The van der Waals surface area contributed by atoms with Gasteiger partial charge in [0.15, 0.2) is 0 Å². The Balaban J connectivity index is 2.19. The molecule has 0 spiro atoms. The molecule has 6 heteroatoms. The topological polar surface area (TPSA) is 32.3 Å². The number of alkyl halides is 3. The molecule has 1 rings (SSSR count).